The maximum absolute atomic E-state index is 13.0. The largest absolute Gasteiger partial charge is 0.456 e. The van der Waals surface area contributed by atoms with E-state index in [9.17, 15) is 13.2 Å². The molecule has 3 rings (SSSR count). The molecule has 0 bridgehead atoms. The van der Waals surface area contributed by atoms with Gasteiger partial charge in [-0.05, 0) is 36.4 Å². The van der Waals surface area contributed by atoms with Crippen molar-refractivity contribution in [3.05, 3.63) is 87.3 Å². The Kier molecular flexibility index (Phi) is 6.81. The van der Waals surface area contributed by atoms with Crippen LogP contribution in [0.3, 0.4) is 0 Å². The molecule has 0 aliphatic carbocycles. The maximum Gasteiger partial charge on any atom is 0.145 e. The second-order valence-corrected chi connectivity index (χ2v) is 6.31. The van der Waals surface area contributed by atoms with E-state index in [4.69, 9.17) is 4.74 Å². The summed E-state index contributed by atoms with van der Waals surface area (Å²) in [6.45, 7) is 0. The molecule has 1 heterocycles. The minimum Gasteiger partial charge on any atom is -0.456 e. The monoisotopic (exact) mass is 459 g/mol. The number of pyridine rings is 1. The fourth-order valence-corrected chi connectivity index (χ4v) is 2.53. The molecule has 0 unspecified atom stereocenters. The van der Waals surface area contributed by atoms with E-state index in [0.29, 0.717) is 20.4 Å². The highest BCUT2D eigenvalue weighted by atomic mass is 79.9. The molecule has 0 aliphatic heterocycles. The van der Waals surface area contributed by atoms with E-state index >= 15 is 0 Å². The third-order valence-corrected chi connectivity index (χ3v) is 3.45. The van der Waals surface area contributed by atoms with Crippen molar-refractivity contribution in [2.24, 2.45) is 0 Å². The Labute approximate surface area is 153 Å². The quantitative estimate of drug-likeness (QED) is 0.435. The predicted octanol–water partition coefficient (Wildman–Crippen LogP) is 6.50. The van der Waals surface area contributed by atoms with Crippen molar-refractivity contribution in [3.8, 4) is 11.5 Å². The summed E-state index contributed by atoms with van der Waals surface area (Å²) >= 11 is 6.12. The smallest absolute Gasteiger partial charge is 0.145 e. The molecule has 0 radical (unpaired) electrons. The highest BCUT2D eigenvalue weighted by Crippen LogP contribution is 2.25. The van der Waals surface area contributed by atoms with Crippen molar-refractivity contribution in [2.75, 3.05) is 0 Å². The Hall–Kier alpha value is -1.86. The van der Waals surface area contributed by atoms with E-state index < -0.39 is 11.6 Å². The van der Waals surface area contributed by atoms with Gasteiger partial charge in [-0.15, -0.1) is 0 Å². The number of halogens is 5. The maximum atomic E-state index is 13.0. The molecule has 2 nitrogen and oxygen atoms in total. The third kappa shape index (κ3) is 6.33. The van der Waals surface area contributed by atoms with Crippen LogP contribution in [-0.4, -0.2) is 4.98 Å². The van der Waals surface area contributed by atoms with E-state index in [1.54, 1.807) is 30.6 Å². The average Bonchev–Trinajstić information content (AvgIpc) is 2.46. The van der Waals surface area contributed by atoms with Gasteiger partial charge in [-0.2, -0.15) is 0 Å². The zero-order valence-electron chi connectivity index (χ0n) is 12.0. The van der Waals surface area contributed by atoms with Gasteiger partial charge in [0.2, 0.25) is 0 Å². The summed E-state index contributed by atoms with van der Waals surface area (Å²) in [5, 5.41) is 0. The molecule has 0 fully saturated rings. The Balaban J connectivity index is 0.000000198. The lowest BCUT2D eigenvalue weighted by molar-refractivity contribution is 0.474. The molecule has 0 saturated heterocycles. The first-order valence-electron chi connectivity index (χ1n) is 6.58. The van der Waals surface area contributed by atoms with Crippen LogP contribution >= 0.6 is 31.9 Å². The van der Waals surface area contributed by atoms with Gasteiger partial charge in [0.15, 0.2) is 0 Å². The van der Waals surface area contributed by atoms with E-state index in [2.05, 4.69) is 36.8 Å². The molecule has 0 amide bonds. The van der Waals surface area contributed by atoms with Crippen molar-refractivity contribution < 1.29 is 17.9 Å². The van der Waals surface area contributed by atoms with E-state index in [0.717, 1.165) is 6.07 Å². The SMILES string of the molecule is Fc1cc(Br)cc(Oc2cccnc2)c1.Fc1cc(F)cc(Br)c1. The molecule has 2 aromatic carbocycles. The van der Waals surface area contributed by atoms with Gasteiger partial charge >= 0.3 is 0 Å². The zero-order valence-corrected chi connectivity index (χ0v) is 15.2. The van der Waals surface area contributed by atoms with Crippen LogP contribution in [0.5, 0.6) is 11.5 Å². The van der Waals surface area contributed by atoms with Crippen LogP contribution in [0, 0.1) is 17.5 Å². The van der Waals surface area contributed by atoms with Gasteiger partial charge in [0, 0.05) is 27.3 Å². The van der Waals surface area contributed by atoms with E-state index in [1.807, 2.05) is 0 Å². The van der Waals surface area contributed by atoms with Crippen LogP contribution in [0.1, 0.15) is 0 Å². The van der Waals surface area contributed by atoms with Gasteiger partial charge in [-0.3, -0.25) is 4.98 Å². The lowest BCUT2D eigenvalue weighted by Gasteiger charge is -2.05. The van der Waals surface area contributed by atoms with Crippen LogP contribution in [0.2, 0.25) is 0 Å². The highest BCUT2D eigenvalue weighted by molar-refractivity contribution is 9.10. The van der Waals surface area contributed by atoms with Gasteiger partial charge < -0.3 is 4.74 Å². The molecule has 1 aromatic heterocycles. The number of hydrogen-bond acceptors (Lipinski definition) is 2. The highest BCUT2D eigenvalue weighted by Gasteiger charge is 2.01. The molecule has 124 valence electrons. The molecule has 3 aromatic rings. The lowest BCUT2D eigenvalue weighted by Crippen LogP contribution is -1.86. The lowest BCUT2D eigenvalue weighted by atomic mass is 10.3. The molecule has 0 N–H and O–H groups in total. The number of benzene rings is 2. The molecular formula is C17H10Br2F3NO. The van der Waals surface area contributed by atoms with E-state index in [-0.39, 0.29) is 5.82 Å². The Morgan fingerprint density at radius 2 is 1.33 bits per heavy atom. The summed E-state index contributed by atoms with van der Waals surface area (Å²) in [5.74, 6) is -0.461. The van der Waals surface area contributed by atoms with Gasteiger partial charge in [-0.1, -0.05) is 31.9 Å². The summed E-state index contributed by atoms with van der Waals surface area (Å²) in [6, 6.07) is 11.1. The Bertz CT molecular complexity index is 745. The first kappa shape index (κ1) is 18.5. The first-order chi connectivity index (χ1) is 11.4. The number of nitrogens with zero attached hydrogens (tertiary/aromatic N) is 1. The van der Waals surface area contributed by atoms with Crippen molar-refractivity contribution in [2.45, 2.75) is 0 Å². The van der Waals surface area contributed by atoms with Gasteiger partial charge in [0.1, 0.15) is 29.0 Å². The summed E-state index contributed by atoms with van der Waals surface area (Å²) < 4.78 is 43.8. The van der Waals surface area contributed by atoms with Crippen LogP contribution in [-0.2, 0) is 0 Å². The molecule has 7 heteroatoms. The molecule has 0 aliphatic rings. The molecule has 0 atom stereocenters. The fourth-order valence-electron chi connectivity index (χ4n) is 1.65. The Morgan fingerprint density at radius 1 is 0.750 bits per heavy atom. The summed E-state index contributed by atoms with van der Waals surface area (Å²) in [4.78, 5) is 3.90. The summed E-state index contributed by atoms with van der Waals surface area (Å²) in [7, 11) is 0. The molecule has 0 saturated carbocycles. The van der Waals surface area contributed by atoms with Crippen molar-refractivity contribution >= 4 is 31.9 Å². The van der Waals surface area contributed by atoms with Crippen molar-refractivity contribution in [1.29, 1.82) is 0 Å². The molecule has 24 heavy (non-hydrogen) atoms. The van der Waals surface area contributed by atoms with Gasteiger partial charge in [-0.25, -0.2) is 13.2 Å². The van der Waals surface area contributed by atoms with Gasteiger partial charge in [0.25, 0.3) is 0 Å². The standard InChI is InChI=1S/C11H7BrFNO.C6H3BrF2/c12-8-4-9(13)6-11(5-8)15-10-2-1-3-14-7-10;7-4-1-5(8)3-6(9)2-4/h1-7H;1-3H. The van der Waals surface area contributed by atoms with Crippen molar-refractivity contribution in [3.63, 3.8) is 0 Å². The average molecular weight is 461 g/mol. The second kappa shape index (κ2) is 8.84. The normalized spacial score (nSPS) is 9.88. The van der Waals surface area contributed by atoms with Crippen LogP contribution < -0.4 is 4.74 Å². The summed E-state index contributed by atoms with van der Waals surface area (Å²) in [5.41, 5.74) is 0. The van der Waals surface area contributed by atoms with Crippen LogP contribution in [0.15, 0.2) is 69.9 Å². The van der Waals surface area contributed by atoms with Crippen molar-refractivity contribution in [1.82, 2.24) is 4.98 Å². The van der Waals surface area contributed by atoms with Crippen LogP contribution in [0.25, 0.3) is 0 Å². The number of hydrogen-bond donors (Lipinski definition) is 0. The predicted molar refractivity (Wildman–Crippen MR) is 92.5 cm³/mol. The fraction of sp³-hybridized carbons (Fsp3) is 0. The molecule has 0 spiro atoms. The minimum absolute atomic E-state index is 0.344. The first-order valence-corrected chi connectivity index (χ1v) is 8.16. The van der Waals surface area contributed by atoms with Crippen LogP contribution in [0.4, 0.5) is 13.2 Å². The van der Waals surface area contributed by atoms with Gasteiger partial charge in [0.05, 0.1) is 6.20 Å². The summed E-state index contributed by atoms with van der Waals surface area (Å²) in [6.07, 6.45) is 3.22. The second-order valence-electron chi connectivity index (χ2n) is 4.48. The number of ether oxygens (including phenoxy) is 1. The number of aromatic nitrogens is 1. The molecular weight excluding hydrogens is 451 g/mol. The third-order valence-electron chi connectivity index (χ3n) is 2.53. The zero-order chi connectivity index (χ0) is 17.5. The topological polar surface area (TPSA) is 22.1 Å². The Morgan fingerprint density at radius 3 is 1.83 bits per heavy atom. The number of rotatable bonds is 2. The van der Waals surface area contributed by atoms with E-state index in [1.165, 1.54) is 24.3 Å². The minimum atomic E-state index is -0.568.